The lowest BCUT2D eigenvalue weighted by Gasteiger charge is -2.30. The normalized spacial score (nSPS) is 23.2. The molecular weight excluding hydrogens is 246 g/mol. The molecule has 0 aliphatic carbocycles. The van der Waals surface area contributed by atoms with Crippen molar-refractivity contribution in [3.63, 3.8) is 0 Å². The Hall–Kier alpha value is -0.410. The van der Waals surface area contributed by atoms with E-state index >= 15 is 0 Å². The molecular formula is C14H19NS2. The van der Waals surface area contributed by atoms with Crippen LogP contribution in [0, 0.1) is 0 Å². The lowest BCUT2D eigenvalue weighted by atomic mass is 10.00. The fourth-order valence-corrected chi connectivity index (χ4v) is 4.89. The first kappa shape index (κ1) is 13.0. The van der Waals surface area contributed by atoms with Gasteiger partial charge in [0.15, 0.2) is 0 Å². The van der Waals surface area contributed by atoms with E-state index in [1.165, 1.54) is 16.4 Å². The zero-order valence-electron chi connectivity index (χ0n) is 10.6. The van der Waals surface area contributed by atoms with Crippen LogP contribution in [-0.4, -0.2) is 15.2 Å². The summed E-state index contributed by atoms with van der Waals surface area (Å²) in [6.45, 7) is 6.75. The molecule has 0 N–H and O–H groups in total. The highest BCUT2D eigenvalue weighted by atomic mass is 32.2. The molecule has 1 unspecified atom stereocenters. The van der Waals surface area contributed by atoms with E-state index in [1.54, 1.807) is 0 Å². The van der Waals surface area contributed by atoms with E-state index in [-0.39, 0.29) is 5.54 Å². The van der Waals surface area contributed by atoms with Crippen LogP contribution in [0.2, 0.25) is 0 Å². The molecule has 17 heavy (non-hydrogen) atoms. The van der Waals surface area contributed by atoms with Crippen molar-refractivity contribution in [3.05, 3.63) is 35.9 Å². The molecule has 0 spiro atoms. The van der Waals surface area contributed by atoms with Gasteiger partial charge in [0.2, 0.25) is 0 Å². The van der Waals surface area contributed by atoms with Crippen LogP contribution in [0.15, 0.2) is 35.3 Å². The summed E-state index contributed by atoms with van der Waals surface area (Å²) in [6.07, 6.45) is 1.17. The van der Waals surface area contributed by atoms with E-state index in [1.807, 2.05) is 23.5 Å². The second-order valence-electron chi connectivity index (χ2n) is 5.10. The Morgan fingerprint density at radius 1 is 1.35 bits per heavy atom. The smallest absolute Gasteiger partial charge is 0.125 e. The lowest BCUT2D eigenvalue weighted by Crippen LogP contribution is -2.27. The lowest BCUT2D eigenvalue weighted by molar-refractivity contribution is 0.478. The van der Waals surface area contributed by atoms with Crippen LogP contribution in [0.25, 0.3) is 0 Å². The molecule has 1 aliphatic rings. The molecule has 0 saturated heterocycles. The quantitative estimate of drug-likeness (QED) is 0.776. The highest BCUT2D eigenvalue weighted by Gasteiger charge is 2.27. The summed E-state index contributed by atoms with van der Waals surface area (Å²) in [4.78, 5) is 4.82. The first-order chi connectivity index (χ1) is 8.05. The van der Waals surface area contributed by atoms with Crippen LogP contribution in [-0.2, 0) is 5.75 Å². The Morgan fingerprint density at radius 3 is 2.71 bits per heavy atom. The van der Waals surface area contributed by atoms with Crippen molar-refractivity contribution in [3.8, 4) is 0 Å². The maximum Gasteiger partial charge on any atom is 0.125 e. The molecule has 1 aliphatic heterocycles. The van der Waals surface area contributed by atoms with E-state index in [4.69, 9.17) is 4.99 Å². The van der Waals surface area contributed by atoms with Crippen molar-refractivity contribution < 1.29 is 0 Å². The van der Waals surface area contributed by atoms with Crippen LogP contribution in [0.4, 0.5) is 0 Å². The van der Waals surface area contributed by atoms with E-state index in [0.29, 0.717) is 5.25 Å². The average Bonchev–Trinajstić information content (AvgIpc) is 2.25. The molecule has 0 amide bonds. The van der Waals surface area contributed by atoms with Gasteiger partial charge in [-0.05, 0) is 25.8 Å². The Bertz CT molecular complexity index is 398. The number of benzene rings is 1. The first-order valence-corrected chi connectivity index (χ1v) is 7.85. The predicted molar refractivity (Wildman–Crippen MR) is 80.9 cm³/mol. The highest BCUT2D eigenvalue weighted by molar-refractivity contribution is 8.38. The number of hydrogen-bond donors (Lipinski definition) is 0. The Kier molecular flexibility index (Phi) is 4.21. The fraction of sp³-hybridized carbons (Fsp3) is 0.500. The van der Waals surface area contributed by atoms with Crippen LogP contribution in [0.3, 0.4) is 0 Å². The third-order valence-corrected chi connectivity index (χ3v) is 5.01. The van der Waals surface area contributed by atoms with Crippen molar-refractivity contribution in [2.24, 2.45) is 4.99 Å². The fourth-order valence-electron chi connectivity index (χ4n) is 2.02. The minimum Gasteiger partial charge on any atom is -0.266 e. The number of hydrogen-bond acceptors (Lipinski definition) is 3. The molecule has 3 heteroatoms. The van der Waals surface area contributed by atoms with Gasteiger partial charge >= 0.3 is 0 Å². The van der Waals surface area contributed by atoms with Crippen LogP contribution >= 0.6 is 23.5 Å². The SMILES string of the molecule is CC1CC(C)(C)N=C(SCc2ccccc2)S1. The van der Waals surface area contributed by atoms with Crippen LogP contribution < -0.4 is 0 Å². The third-order valence-electron chi connectivity index (χ3n) is 2.69. The van der Waals surface area contributed by atoms with Gasteiger partial charge in [-0.1, -0.05) is 60.8 Å². The van der Waals surface area contributed by atoms with Gasteiger partial charge in [-0.15, -0.1) is 0 Å². The Labute approximate surface area is 112 Å². The monoisotopic (exact) mass is 265 g/mol. The first-order valence-electron chi connectivity index (χ1n) is 5.98. The summed E-state index contributed by atoms with van der Waals surface area (Å²) < 4.78 is 1.25. The molecule has 2 rings (SSSR count). The van der Waals surface area contributed by atoms with Gasteiger partial charge in [0.1, 0.15) is 4.38 Å². The highest BCUT2D eigenvalue weighted by Crippen LogP contribution is 2.36. The Balaban J connectivity index is 1.97. The van der Waals surface area contributed by atoms with Gasteiger partial charge in [-0.2, -0.15) is 0 Å². The van der Waals surface area contributed by atoms with E-state index in [2.05, 4.69) is 51.1 Å². The molecule has 0 bridgehead atoms. The molecule has 1 atom stereocenters. The van der Waals surface area contributed by atoms with Gasteiger partial charge in [-0.3, -0.25) is 4.99 Å². The Morgan fingerprint density at radius 2 is 2.06 bits per heavy atom. The largest absolute Gasteiger partial charge is 0.266 e. The molecule has 0 saturated carbocycles. The molecule has 1 aromatic rings. The average molecular weight is 265 g/mol. The third kappa shape index (κ3) is 4.07. The molecule has 92 valence electrons. The van der Waals surface area contributed by atoms with E-state index in [0.717, 1.165) is 5.75 Å². The molecule has 0 radical (unpaired) electrons. The maximum atomic E-state index is 4.82. The summed E-state index contributed by atoms with van der Waals surface area (Å²) in [5.41, 5.74) is 1.49. The van der Waals surface area contributed by atoms with Gasteiger partial charge in [-0.25, -0.2) is 0 Å². The maximum absolute atomic E-state index is 4.82. The van der Waals surface area contributed by atoms with Gasteiger partial charge < -0.3 is 0 Å². The molecule has 1 aromatic carbocycles. The number of nitrogens with zero attached hydrogens (tertiary/aromatic N) is 1. The van der Waals surface area contributed by atoms with Gasteiger partial charge in [0.05, 0.1) is 5.54 Å². The van der Waals surface area contributed by atoms with E-state index in [9.17, 15) is 0 Å². The zero-order valence-corrected chi connectivity index (χ0v) is 12.3. The van der Waals surface area contributed by atoms with Crippen molar-refractivity contribution in [1.82, 2.24) is 0 Å². The molecule has 1 heterocycles. The number of aliphatic imine (C=N–C) groups is 1. The number of rotatable bonds is 2. The molecule has 0 fully saturated rings. The second-order valence-corrected chi connectivity index (χ2v) is 7.75. The summed E-state index contributed by atoms with van der Waals surface area (Å²) in [5, 5.41) is 0.681. The van der Waals surface area contributed by atoms with Gasteiger partial charge in [0.25, 0.3) is 0 Å². The van der Waals surface area contributed by atoms with Crippen molar-refractivity contribution in [2.45, 2.75) is 43.7 Å². The minimum atomic E-state index is 0.115. The van der Waals surface area contributed by atoms with Crippen LogP contribution in [0.1, 0.15) is 32.8 Å². The topological polar surface area (TPSA) is 12.4 Å². The standard InChI is InChI=1S/C14H19NS2/c1-11-9-14(2,3)15-13(17-11)16-10-12-7-5-4-6-8-12/h4-8,11H,9-10H2,1-3H3. The minimum absolute atomic E-state index is 0.115. The second kappa shape index (κ2) is 5.49. The summed E-state index contributed by atoms with van der Waals surface area (Å²) >= 11 is 3.79. The predicted octanol–water partition coefficient (Wildman–Crippen LogP) is 4.58. The molecule has 0 aromatic heterocycles. The summed E-state index contributed by atoms with van der Waals surface area (Å²) in [7, 11) is 0. The van der Waals surface area contributed by atoms with Crippen molar-refractivity contribution >= 4 is 27.9 Å². The molecule has 1 nitrogen and oxygen atoms in total. The van der Waals surface area contributed by atoms with Gasteiger partial charge in [0, 0.05) is 11.0 Å². The van der Waals surface area contributed by atoms with E-state index < -0.39 is 0 Å². The summed E-state index contributed by atoms with van der Waals surface area (Å²) in [5.74, 6) is 1.02. The zero-order chi connectivity index (χ0) is 12.3. The number of thioether (sulfide) groups is 2. The van der Waals surface area contributed by atoms with Crippen LogP contribution in [0.5, 0.6) is 0 Å². The van der Waals surface area contributed by atoms with Crippen molar-refractivity contribution in [2.75, 3.05) is 0 Å². The summed E-state index contributed by atoms with van der Waals surface area (Å²) in [6, 6.07) is 10.6. The van der Waals surface area contributed by atoms with Crippen molar-refractivity contribution in [1.29, 1.82) is 0 Å².